The molecule has 0 atom stereocenters. The third-order valence-electron chi connectivity index (χ3n) is 5.04. The summed E-state index contributed by atoms with van der Waals surface area (Å²) in [6, 6.07) is 20.0. The smallest absolute Gasteiger partial charge is 0.354 e. The first-order chi connectivity index (χ1) is 17.3. The fourth-order valence-corrected chi connectivity index (χ4v) is 3.33. The first-order valence-electron chi connectivity index (χ1n) is 10.8. The number of carboxylic acids is 1. The minimum absolute atomic E-state index is 0.0139. The summed E-state index contributed by atoms with van der Waals surface area (Å²) >= 11 is 0. The van der Waals surface area contributed by atoms with E-state index in [0.29, 0.717) is 22.6 Å². The molecule has 0 amide bonds. The molecule has 0 heterocycles. The van der Waals surface area contributed by atoms with Crippen LogP contribution in [-0.4, -0.2) is 41.3 Å². The Labute approximate surface area is 207 Å². The maximum atomic E-state index is 14.6. The van der Waals surface area contributed by atoms with E-state index in [1.165, 1.54) is 38.3 Å². The highest BCUT2D eigenvalue weighted by atomic mass is 19.1. The van der Waals surface area contributed by atoms with Crippen LogP contribution in [0.1, 0.15) is 23.6 Å². The monoisotopic (exact) mass is 492 g/mol. The second-order valence-electron chi connectivity index (χ2n) is 7.59. The van der Waals surface area contributed by atoms with E-state index in [9.17, 15) is 14.3 Å². The molecule has 8 nitrogen and oxygen atoms in total. The number of aliphatic carboxylic acids is 1. The highest BCUT2D eigenvalue weighted by Gasteiger charge is 2.18. The molecule has 3 aromatic rings. The topological polar surface area (TPSA) is 121 Å². The van der Waals surface area contributed by atoms with Gasteiger partial charge in [-0.1, -0.05) is 53.7 Å². The summed E-state index contributed by atoms with van der Waals surface area (Å²) in [6.07, 6.45) is 0. The van der Waals surface area contributed by atoms with Crippen LogP contribution in [0, 0.1) is 11.2 Å². The molecule has 0 saturated heterocycles. The first-order valence-corrected chi connectivity index (χ1v) is 10.8. The van der Waals surface area contributed by atoms with Crippen LogP contribution in [-0.2, 0) is 16.2 Å². The second-order valence-corrected chi connectivity index (χ2v) is 7.59. The van der Waals surface area contributed by atoms with Gasteiger partial charge in [0.2, 0.25) is 0 Å². The summed E-state index contributed by atoms with van der Waals surface area (Å²) in [7, 11) is 1.43. The van der Waals surface area contributed by atoms with E-state index in [2.05, 4.69) is 5.16 Å². The van der Waals surface area contributed by atoms with Crippen LogP contribution in [0.5, 0.6) is 11.5 Å². The number of hydrogen-bond acceptors (Lipinski definition) is 7. The van der Waals surface area contributed by atoms with E-state index in [-0.39, 0.29) is 30.3 Å². The predicted octanol–water partition coefficient (Wildman–Crippen LogP) is 5.23. The van der Waals surface area contributed by atoms with Crippen molar-refractivity contribution in [3.63, 3.8) is 0 Å². The molecule has 0 radical (unpaired) electrons. The maximum absolute atomic E-state index is 14.6. The molecule has 9 heteroatoms. The fourth-order valence-electron chi connectivity index (χ4n) is 3.33. The number of aliphatic hydroxyl groups excluding tert-OH is 1. The van der Waals surface area contributed by atoms with E-state index in [4.69, 9.17) is 24.8 Å². The largest absolute Gasteiger partial charge is 0.512 e. The third-order valence-corrected chi connectivity index (χ3v) is 5.04. The average Bonchev–Trinajstić information content (AvgIpc) is 2.87. The Morgan fingerprint density at radius 1 is 0.972 bits per heavy atom. The number of nitrogens with zero attached hydrogens (tertiary/aromatic N) is 1. The Balaban J connectivity index is 1.63. The van der Waals surface area contributed by atoms with E-state index < -0.39 is 17.5 Å². The minimum Gasteiger partial charge on any atom is -0.512 e. The zero-order chi connectivity index (χ0) is 26.1. The molecule has 3 aromatic carbocycles. The summed E-state index contributed by atoms with van der Waals surface area (Å²) in [6.45, 7) is 1.40. The van der Waals surface area contributed by atoms with Gasteiger partial charge in [-0.15, -0.1) is 0 Å². The standard InChI is InChI=1S/C27H25FN2O6/c1-17(31)25(26(29)27(32)33)20-9-11-21(12-10-20)35-15-18-8-13-24(22(28)14-18)36-16-23(30-34-2)19-6-4-3-5-7-19/h3-14,29,31H,15-16H2,1-2H3,(H,32,33)/b25-17-,29-26?,30-23-. The SMILES string of the molecule is CO/N=C(/COc1ccc(COc2ccc(/C(C(=N)C(=O)O)=C(\C)O)cc2)cc1F)c1ccccc1. The van der Waals surface area contributed by atoms with Gasteiger partial charge in [0.05, 0.1) is 11.3 Å². The van der Waals surface area contributed by atoms with Crippen LogP contribution in [0.15, 0.2) is 83.7 Å². The van der Waals surface area contributed by atoms with Gasteiger partial charge in [-0.3, -0.25) is 5.41 Å². The molecule has 0 saturated carbocycles. The number of nitrogens with one attached hydrogen (secondary N) is 1. The molecular weight excluding hydrogens is 467 g/mol. The van der Waals surface area contributed by atoms with Crippen molar-refractivity contribution in [2.24, 2.45) is 5.16 Å². The number of carboxylic acid groups (broad SMARTS) is 1. The molecule has 0 aliphatic carbocycles. The van der Waals surface area contributed by atoms with Gasteiger partial charge in [0, 0.05) is 5.56 Å². The van der Waals surface area contributed by atoms with Crippen LogP contribution in [0.4, 0.5) is 4.39 Å². The minimum atomic E-state index is -1.45. The summed E-state index contributed by atoms with van der Waals surface area (Å²) in [4.78, 5) is 16.0. The van der Waals surface area contributed by atoms with Crippen LogP contribution < -0.4 is 9.47 Å². The predicted molar refractivity (Wildman–Crippen MR) is 133 cm³/mol. The number of oxime groups is 1. The summed E-state index contributed by atoms with van der Waals surface area (Å²) in [5, 5.41) is 30.5. The summed E-state index contributed by atoms with van der Waals surface area (Å²) in [5.41, 5.74) is 1.43. The van der Waals surface area contributed by atoms with Gasteiger partial charge in [0.1, 0.15) is 31.8 Å². The molecule has 0 bridgehead atoms. The number of allylic oxidation sites excluding steroid dienone is 1. The quantitative estimate of drug-likeness (QED) is 0.192. The van der Waals surface area contributed by atoms with E-state index in [1.807, 2.05) is 30.3 Å². The summed E-state index contributed by atoms with van der Waals surface area (Å²) < 4.78 is 25.9. The Hall–Kier alpha value is -4.66. The Morgan fingerprint density at radius 3 is 2.25 bits per heavy atom. The third kappa shape index (κ3) is 6.69. The van der Waals surface area contributed by atoms with Crippen molar-refractivity contribution >= 4 is 23.0 Å². The summed E-state index contributed by atoms with van der Waals surface area (Å²) in [5.74, 6) is -1.78. The van der Waals surface area contributed by atoms with Crippen molar-refractivity contribution in [2.75, 3.05) is 13.7 Å². The number of carbonyl (C=O) groups is 1. The van der Waals surface area contributed by atoms with Crippen molar-refractivity contribution < 1.29 is 33.7 Å². The molecule has 186 valence electrons. The molecule has 0 aliphatic rings. The number of aliphatic hydroxyl groups is 1. The van der Waals surface area contributed by atoms with Gasteiger partial charge in [-0.05, 0) is 42.3 Å². The molecule has 36 heavy (non-hydrogen) atoms. The second kappa shape index (κ2) is 12.2. The fraction of sp³-hybridized carbons (Fsp3) is 0.148. The van der Waals surface area contributed by atoms with Gasteiger partial charge in [-0.2, -0.15) is 0 Å². The zero-order valence-corrected chi connectivity index (χ0v) is 19.7. The maximum Gasteiger partial charge on any atom is 0.354 e. The zero-order valence-electron chi connectivity index (χ0n) is 19.7. The molecule has 0 aromatic heterocycles. The molecule has 0 unspecified atom stereocenters. The lowest BCUT2D eigenvalue weighted by Gasteiger charge is -2.12. The average molecular weight is 493 g/mol. The Kier molecular flexibility index (Phi) is 8.77. The number of hydrogen-bond donors (Lipinski definition) is 3. The highest BCUT2D eigenvalue weighted by Crippen LogP contribution is 2.24. The molecule has 0 spiro atoms. The highest BCUT2D eigenvalue weighted by molar-refractivity contribution is 6.52. The van der Waals surface area contributed by atoms with Gasteiger partial charge in [-0.25, -0.2) is 9.18 Å². The van der Waals surface area contributed by atoms with Crippen molar-refractivity contribution in [1.82, 2.24) is 0 Å². The van der Waals surface area contributed by atoms with Crippen molar-refractivity contribution in [1.29, 1.82) is 5.41 Å². The number of halogens is 1. The van der Waals surface area contributed by atoms with Crippen molar-refractivity contribution in [3.8, 4) is 11.5 Å². The van der Waals surface area contributed by atoms with E-state index >= 15 is 0 Å². The normalized spacial score (nSPS) is 11.9. The van der Waals surface area contributed by atoms with Crippen LogP contribution >= 0.6 is 0 Å². The van der Waals surface area contributed by atoms with Crippen LogP contribution in [0.25, 0.3) is 5.57 Å². The number of benzene rings is 3. The van der Waals surface area contributed by atoms with Crippen molar-refractivity contribution in [3.05, 3.63) is 101 Å². The van der Waals surface area contributed by atoms with Gasteiger partial charge >= 0.3 is 5.97 Å². The molecule has 0 fully saturated rings. The lowest BCUT2D eigenvalue weighted by Crippen LogP contribution is -2.15. The molecule has 3 rings (SSSR count). The van der Waals surface area contributed by atoms with E-state index in [0.717, 1.165) is 5.56 Å². The van der Waals surface area contributed by atoms with Crippen LogP contribution in [0.2, 0.25) is 0 Å². The van der Waals surface area contributed by atoms with Crippen molar-refractivity contribution in [2.45, 2.75) is 13.5 Å². The van der Waals surface area contributed by atoms with Crippen LogP contribution in [0.3, 0.4) is 0 Å². The lowest BCUT2D eigenvalue weighted by molar-refractivity contribution is -0.129. The van der Waals surface area contributed by atoms with Gasteiger partial charge in [0.25, 0.3) is 0 Å². The lowest BCUT2D eigenvalue weighted by atomic mass is 10.00. The first kappa shape index (κ1) is 26.0. The molecule has 3 N–H and O–H groups in total. The van der Waals surface area contributed by atoms with Gasteiger partial charge in [0.15, 0.2) is 17.3 Å². The molecular formula is C27H25FN2O6. The molecule has 0 aliphatic heterocycles. The van der Waals surface area contributed by atoms with E-state index in [1.54, 1.807) is 18.2 Å². The Bertz CT molecular complexity index is 1280. The number of rotatable bonds is 11. The van der Waals surface area contributed by atoms with Gasteiger partial charge < -0.3 is 24.5 Å². The Morgan fingerprint density at radius 2 is 1.67 bits per heavy atom. The number of ether oxygens (including phenoxy) is 2.